The molecule has 2 heteroatoms. The van der Waals surface area contributed by atoms with Gasteiger partial charge in [0, 0.05) is 12.8 Å². The van der Waals surface area contributed by atoms with Crippen molar-refractivity contribution in [2.75, 3.05) is 13.2 Å². The van der Waals surface area contributed by atoms with E-state index in [2.05, 4.69) is 49.4 Å². The van der Waals surface area contributed by atoms with Crippen LogP contribution >= 0.6 is 0 Å². The molecular weight excluding hydrogens is 260 g/mol. The number of allylic oxidation sites excluding steroid dienone is 2. The van der Waals surface area contributed by atoms with Crippen molar-refractivity contribution >= 4 is 11.6 Å². The second-order valence-electron chi connectivity index (χ2n) is 5.85. The average Bonchev–Trinajstić information content (AvgIpc) is 2.97. The van der Waals surface area contributed by atoms with Crippen molar-refractivity contribution < 1.29 is 9.47 Å². The van der Waals surface area contributed by atoms with E-state index in [0.29, 0.717) is 0 Å². The van der Waals surface area contributed by atoms with Gasteiger partial charge in [0.1, 0.15) is 0 Å². The molecule has 1 fully saturated rings. The highest BCUT2D eigenvalue weighted by Gasteiger charge is 2.37. The molecule has 21 heavy (non-hydrogen) atoms. The highest BCUT2D eigenvalue weighted by molar-refractivity contribution is 5.68. The lowest BCUT2D eigenvalue weighted by Gasteiger charge is -2.30. The minimum Gasteiger partial charge on any atom is -0.347 e. The molecule has 1 spiro atoms. The van der Waals surface area contributed by atoms with Crippen LogP contribution in [0, 0.1) is 0 Å². The van der Waals surface area contributed by atoms with E-state index in [0.717, 1.165) is 38.9 Å². The molecule has 3 rings (SSSR count). The average molecular weight is 284 g/mol. The van der Waals surface area contributed by atoms with Gasteiger partial charge in [-0.3, -0.25) is 0 Å². The Balaban J connectivity index is 1.66. The van der Waals surface area contributed by atoms with Gasteiger partial charge in [-0.1, -0.05) is 55.8 Å². The van der Waals surface area contributed by atoms with Crippen molar-refractivity contribution in [2.24, 2.45) is 0 Å². The van der Waals surface area contributed by atoms with E-state index in [1.54, 1.807) is 0 Å². The van der Waals surface area contributed by atoms with E-state index in [1.165, 1.54) is 23.1 Å². The number of ether oxygens (including phenoxy) is 2. The van der Waals surface area contributed by atoms with Crippen LogP contribution in [-0.2, 0) is 9.47 Å². The number of hydrogen-bond donors (Lipinski definition) is 0. The van der Waals surface area contributed by atoms with E-state index in [9.17, 15) is 0 Å². The summed E-state index contributed by atoms with van der Waals surface area (Å²) in [6.07, 6.45) is 12.0. The van der Waals surface area contributed by atoms with Gasteiger partial charge < -0.3 is 9.47 Å². The molecule has 1 aliphatic heterocycles. The van der Waals surface area contributed by atoms with Gasteiger partial charge in [0.25, 0.3) is 0 Å². The SMILES string of the molecule is CCC/C=C/c1ccc(C2=CCC3(CC2)OCCO3)cc1. The second kappa shape index (κ2) is 6.59. The molecule has 0 radical (unpaired) electrons. The summed E-state index contributed by atoms with van der Waals surface area (Å²) < 4.78 is 11.5. The zero-order valence-electron chi connectivity index (χ0n) is 12.8. The summed E-state index contributed by atoms with van der Waals surface area (Å²) in [5.74, 6) is -0.313. The minimum absolute atomic E-state index is 0.313. The number of unbranched alkanes of at least 4 members (excludes halogenated alkanes) is 1. The van der Waals surface area contributed by atoms with Crippen molar-refractivity contribution in [1.82, 2.24) is 0 Å². The first kappa shape index (κ1) is 14.6. The summed E-state index contributed by atoms with van der Waals surface area (Å²) >= 11 is 0. The lowest BCUT2D eigenvalue weighted by molar-refractivity contribution is -0.159. The van der Waals surface area contributed by atoms with Crippen LogP contribution in [0.15, 0.2) is 36.4 Å². The molecule has 0 unspecified atom stereocenters. The summed E-state index contributed by atoms with van der Waals surface area (Å²) in [5, 5.41) is 0. The summed E-state index contributed by atoms with van der Waals surface area (Å²) in [7, 11) is 0. The molecule has 0 saturated carbocycles. The third-order valence-corrected chi connectivity index (χ3v) is 4.30. The molecule has 1 aromatic rings. The number of benzene rings is 1. The lowest BCUT2D eigenvalue weighted by Crippen LogP contribution is -2.31. The molecule has 0 bridgehead atoms. The van der Waals surface area contributed by atoms with Crippen molar-refractivity contribution in [2.45, 2.75) is 44.8 Å². The highest BCUT2D eigenvalue weighted by atomic mass is 16.7. The predicted octanol–water partition coefficient (Wildman–Crippen LogP) is 4.81. The molecule has 0 aromatic heterocycles. The molecule has 1 heterocycles. The van der Waals surface area contributed by atoms with Crippen LogP contribution in [0.3, 0.4) is 0 Å². The number of rotatable bonds is 4. The van der Waals surface area contributed by atoms with Crippen LogP contribution in [0.4, 0.5) is 0 Å². The largest absolute Gasteiger partial charge is 0.347 e. The molecule has 2 aliphatic rings. The van der Waals surface area contributed by atoms with Crippen LogP contribution in [0.25, 0.3) is 11.6 Å². The summed E-state index contributed by atoms with van der Waals surface area (Å²) in [6.45, 7) is 3.68. The molecule has 112 valence electrons. The summed E-state index contributed by atoms with van der Waals surface area (Å²) in [6, 6.07) is 8.86. The lowest BCUT2D eigenvalue weighted by atomic mass is 9.89. The van der Waals surface area contributed by atoms with Gasteiger partial charge in [0.2, 0.25) is 0 Å². The highest BCUT2D eigenvalue weighted by Crippen LogP contribution is 2.38. The first-order chi connectivity index (χ1) is 10.3. The van der Waals surface area contributed by atoms with Crippen LogP contribution in [0.1, 0.15) is 50.2 Å². The zero-order chi connectivity index (χ0) is 14.5. The maximum absolute atomic E-state index is 5.76. The van der Waals surface area contributed by atoms with E-state index in [1.807, 2.05) is 0 Å². The van der Waals surface area contributed by atoms with E-state index in [-0.39, 0.29) is 5.79 Å². The first-order valence-corrected chi connectivity index (χ1v) is 8.05. The van der Waals surface area contributed by atoms with Gasteiger partial charge in [0.05, 0.1) is 13.2 Å². The van der Waals surface area contributed by atoms with Gasteiger partial charge in [-0.15, -0.1) is 0 Å². The van der Waals surface area contributed by atoms with E-state index >= 15 is 0 Å². The van der Waals surface area contributed by atoms with Crippen molar-refractivity contribution in [3.63, 3.8) is 0 Å². The van der Waals surface area contributed by atoms with E-state index in [4.69, 9.17) is 9.47 Å². The molecular formula is C19H24O2. The molecule has 0 N–H and O–H groups in total. The Bertz CT molecular complexity index is 519. The monoisotopic (exact) mass is 284 g/mol. The molecule has 0 atom stereocenters. The van der Waals surface area contributed by atoms with Crippen LogP contribution < -0.4 is 0 Å². The Morgan fingerprint density at radius 1 is 1.14 bits per heavy atom. The second-order valence-corrected chi connectivity index (χ2v) is 5.85. The fourth-order valence-corrected chi connectivity index (χ4v) is 3.02. The van der Waals surface area contributed by atoms with Crippen LogP contribution in [-0.4, -0.2) is 19.0 Å². The van der Waals surface area contributed by atoms with E-state index < -0.39 is 0 Å². The van der Waals surface area contributed by atoms with Gasteiger partial charge in [-0.2, -0.15) is 0 Å². The Morgan fingerprint density at radius 2 is 1.90 bits per heavy atom. The fourth-order valence-electron chi connectivity index (χ4n) is 3.02. The maximum atomic E-state index is 5.76. The third kappa shape index (κ3) is 3.45. The van der Waals surface area contributed by atoms with Gasteiger partial charge in [-0.05, 0) is 29.5 Å². The minimum atomic E-state index is -0.313. The summed E-state index contributed by atoms with van der Waals surface area (Å²) in [5.41, 5.74) is 4.03. The first-order valence-electron chi connectivity index (χ1n) is 8.05. The quantitative estimate of drug-likeness (QED) is 0.790. The predicted molar refractivity (Wildman–Crippen MR) is 86.8 cm³/mol. The van der Waals surface area contributed by atoms with Gasteiger partial charge in [0.15, 0.2) is 5.79 Å². The molecule has 1 saturated heterocycles. The van der Waals surface area contributed by atoms with Crippen molar-refractivity contribution in [3.8, 4) is 0 Å². The van der Waals surface area contributed by atoms with Crippen LogP contribution in [0.2, 0.25) is 0 Å². The topological polar surface area (TPSA) is 18.5 Å². The molecule has 1 aromatic carbocycles. The maximum Gasteiger partial charge on any atom is 0.172 e. The van der Waals surface area contributed by atoms with Gasteiger partial charge >= 0.3 is 0 Å². The Morgan fingerprint density at radius 3 is 2.52 bits per heavy atom. The van der Waals surface area contributed by atoms with Gasteiger partial charge in [-0.25, -0.2) is 0 Å². The Labute approximate surface area is 127 Å². The number of hydrogen-bond acceptors (Lipinski definition) is 2. The Hall–Kier alpha value is -1.38. The third-order valence-electron chi connectivity index (χ3n) is 4.30. The van der Waals surface area contributed by atoms with Crippen molar-refractivity contribution in [1.29, 1.82) is 0 Å². The fraction of sp³-hybridized carbons (Fsp3) is 0.474. The van der Waals surface area contributed by atoms with Crippen LogP contribution in [0.5, 0.6) is 0 Å². The van der Waals surface area contributed by atoms with Crippen molar-refractivity contribution in [3.05, 3.63) is 47.5 Å². The molecule has 0 amide bonds. The standard InChI is InChI=1S/C19H24O2/c1-2-3-4-5-16-6-8-17(9-7-16)18-10-12-19(13-11-18)20-14-15-21-19/h4-10H,2-3,11-15H2,1H3/b5-4+. The normalized spacial score (nSPS) is 21.1. The zero-order valence-corrected chi connectivity index (χ0v) is 12.8. The summed E-state index contributed by atoms with van der Waals surface area (Å²) in [4.78, 5) is 0. The Kier molecular flexibility index (Phi) is 4.57. The molecule has 2 nitrogen and oxygen atoms in total. The molecule has 1 aliphatic carbocycles. The smallest absolute Gasteiger partial charge is 0.172 e.